The van der Waals surface area contributed by atoms with E-state index in [1.54, 1.807) is 0 Å². The molecule has 3 fully saturated rings. The smallest absolute Gasteiger partial charge is 0.235 e. The molecule has 1 saturated carbocycles. The first kappa shape index (κ1) is 20.8. The van der Waals surface area contributed by atoms with Crippen LogP contribution in [0.2, 0.25) is 0 Å². The van der Waals surface area contributed by atoms with Gasteiger partial charge in [-0.05, 0) is 18.4 Å². The molecule has 6 nitrogen and oxygen atoms in total. The maximum Gasteiger partial charge on any atom is 0.235 e. The first-order valence-corrected chi connectivity index (χ1v) is 11.1. The van der Waals surface area contributed by atoms with Gasteiger partial charge < -0.3 is 4.90 Å². The van der Waals surface area contributed by atoms with Crippen LogP contribution in [0.5, 0.6) is 0 Å². The maximum absolute atomic E-state index is 12.7. The number of carbonyl (C=O) groups excluding carboxylic acids is 3. The van der Waals surface area contributed by atoms with E-state index in [0.29, 0.717) is 19.5 Å². The van der Waals surface area contributed by atoms with Crippen LogP contribution in [-0.2, 0) is 14.4 Å². The molecule has 0 bridgehead atoms. The number of nitrogens with zero attached hydrogens (tertiary/aromatic N) is 3. The van der Waals surface area contributed by atoms with E-state index < -0.39 is 5.41 Å². The Kier molecular flexibility index (Phi) is 6.32. The van der Waals surface area contributed by atoms with Crippen molar-refractivity contribution >= 4 is 23.8 Å². The summed E-state index contributed by atoms with van der Waals surface area (Å²) in [6.45, 7) is 4.19. The van der Waals surface area contributed by atoms with Crippen molar-refractivity contribution in [3.05, 3.63) is 42.0 Å². The van der Waals surface area contributed by atoms with Crippen LogP contribution in [0.1, 0.15) is 44.1 Å². The Morgan fingerprint density at radius 1 is 1.00 bits per heavy atom. The summed E-state index contributed by atoms with van der Waals surface area (Å²) >= 11 is 0. The number of benzene rings is 1. The molecule has 3 aliphatic rings. The molecule has 3 amide bonds. The van der Waals surface area contributed by atoms with Crippen LogP contribution in [-0.4, -0.2) is 71.7 Å². The molecule has 6 heteroatoms. The van der Waals surface area contributed by atoms with Gasteiger partial charge in [0.1, 0.15) is 0 Å². The normalized spacial score (nSPS) is 22.0. The van der Waals surface area contributed by atoms with Gasteiger partial charge in [-0.1, -0.05) is 55.3 Å². The largest absolute Gasteiger partial charge is 0.340 e. The molecule has 1 aliphatic carbocycles. The standard InChI is InChI=1S/C24H31N3O3/c28-21(10-14-27-22(29)19-24(23(27)30)11-4-5-12-24)26-17-15-25(16-18-26)13-6-9-20-7-2-1-3-8-20/h1-3,6-9H,4-5,10-19H2/b9-6+. The molecule has 0 radical (unpaired) electrons. The van der Waals surface area contributed by atoms with Crippen LogP contribution in [0.25, 0.3) is 6.08 Å². The quantitative estimate of drug-likeness (QED) is 0.678. The lowest BCUT2D eigenvalue weighted by molar-refractivity contribution is -0.142. The van der Waals surface area contributed by atoms with Gasteiger partial charge in [-0.3, -0.25) is 24.2 Å². The van der Waals surface area contributed by atoms with Crippen molar-refractivity contribution in [2.75, 3.05) is 39.3 Å². The number of rotatable bonds is 6. The molecule has 2 heterocycles. The summed E-state index contributed by atoms with van der Waals surface area (Å²) in [5.74, 6) is -0.0833. The third kappa shape index (κ3) is 4.48. The highest BCUT2D eigenvalue weighted by atomic mass is 16.2. The first-order valence-electron chi connectivity index (χ1n) is 11.1. The minimum Gasteiger partial charge on any atom is -0.340 e. The van der Waals surface area contributed by atoms with Crippen LogP contribution >= 0.6 is 0 Å². The van der Waals surface area contributed by atoms with E-state index in [2.05, 4.69) is 29.2 Å². The number of amides is 3. The number of carbonyl (C=O) groups is 3. The van der Waals surface area contributed by atoms with Crippen molar-refractivity contribution in [2.24, 2.45) is 5.41 Å². The molecule has 0 aromatic heterocycles. The van der Waals surface area contributed by atoms with Crippen molar-refractivity contribution in [2.45, 2.75) is 38.5 Å². The number of hydrogen-bond donors (Lipinski definition) is 0. The van der Waals surface area contributed by atoms with Gasteiger partial charge in [-0.15, -0.1) is 0 Å². The minimum absolute atomic E-state index is 0.0344. The lowest BCUT2D eigenvalue weighted by atomic mass is 9.84. The number of piperazine rings is 1. The number of imide groups is 1. The van der Waals surface area contributed by atoms with Crippen molar-refractivity contribution in [1.29, 1.82) is 0 Å². The highest BCUT2D eigenvalue weighted by Crippen LogP contribution is 2.46. The van der Waals surface area contributed by atoms with Crippen LogP contribution in [0, 0.1) is 5.41 Å². The minimum atomic E-state index is -0.445. The van der Waals surface area contributed by atoms with E-state index in [1.807, 2.05) is 23.1 Å². The van der Waals surface area contributed by atoms with Gasteiger partial charge in [-0.2, -0.15) is 0 Å². The van der Waals surface area contributed by atoms with Crippen molar-refractivity contribution < 1.29 is 14.4 Å². The fraction of sp³-hybridized carbons (Fsp3) is 0.542. The van der Waals surface area contributed by atoms with Crippen molar-refractivity contribution in [3.8, 4) is 0 Å². The molecule has 0 unspecified atom stereocenters. The lowest BCUT2D eigenvalue weighted by Gasteiger charge is -2.34. The van der Waals surface area contributed by atoms with Crippen LogP contribution in [0.15, 0.2) is 36.4 Å². The van der Waals surface area contributed by atoms with Crippen LogP contribution < -0.4 is 0 Å². The summed E-state index contributed by atoms with van der Waals surface area (Å²) in [7, 11) is 0. The summed E-state index contributed by atoms with van der Waals surface area (Å²) < 4.78 is 0. The average molecular weight is 410 g/mol. The molecular weight excluding hydrogens is 378 g/mol. The summed E-state index contributed by atoms with van der Waals surface area (Å²) in [6.07, 6.45) is 8.56. The fourth-order valence-corrected chi connectivity index (χ4v) is 4.98. The highest BCUT2D eigenvalue weighted by Gasteiger charge is 2.52. The monoisotopic (exact) mass is 409 g/mol. The first-order chi connectivity index (χ1) is 14.6. The Morgan fingerprint density at radius 3 is 2.40 bits per heavy atom. The zero-order valence-corrected chi connectivity index (χ0v) is 17.6. The fourth-order valence-electron chi connectivity index (χ4n) is 4.98. The van der Waals surface area contributed by atoms with Crippen LogP contribution in [0.4, 0.5) is 0 Å². The van der Waals surface area contributed by atoms with E-state index in [9.17, 15) is 14.4 Å². The zero-order chi connectivity index (χ0) is 21.0. The average Bonchev–Trinajstić information content (AvgIpc) is 3.32. The molecule has 1 aromatic rings. The second kappa shape index (κ2) is 9.13. The van der Waals surface area contributed by atoms with E-state index in [4.69, 9.17) is 0 Å². The summed E-state index contributed by atoms with van der Waals surface area (Å²) in [6, 6.07) is 10.2. The number of likely N-dealkylation sites (tertiary alicyclic amines) is 1. The van der Waals surface area contributed by atoms with Gasteiger partial charge in [0.15, 0.2) is 0 Å². The number of hydrogen-bond acceptors (Lipinski definition) is 4. The molecule has 0 N–H and O–H groups in total. The SMILES string of the molecule is O=C(CCN1C(=O)CC2(CCCC2)C1=O)N1CCN(C/C=C/c2ccccc2)CC1. The zero-order valence-electron chi connectivity index (χ0n) is 17.6. The Morgan fingerprint density at radius 2 is 1.70 bits per heavy atom. The molecule has 2 aliphatic heterocycles. The molecule has 1 aromatic carbocycles. The Bertz CT molecular complexity index is 806. The topological polar surface area (TPSA) is 60.9 Å². The Hall–Kier alpha value is -2.47. The van der Waals surface area contributed by atoms with Crippen molar-refractivity contribution in [3.63, 3.8) is 0 Å². The molecule has 160 valence electrons. The summed E-state index contributed by atoms with van der Waals surface area (Å²) in [4.78, 5) is 43.3. The van der Waals surface area contributed by atoms with Gasteiger partial charge in [0.25, 0.3) is 0 Å². The molecule has 2 saturated heterocycles. The molecule has 1 spiro atoms. The van der Waals surface area contributed by atoms with E-state index in [-0.39, 0.29) is 30.7 Å². The maximum atomic E-state index is 12.7. The second-order valence-electron chi connectivity index (χ2n) is 8.76. The highest BCUT2D eigenvalue weighted by molar-refractivity contribution is 6.06. The van der Waals surface area contributed by atoms with Crippen LogP contribution in [0.3, 0.4) is 0 Å². The molecule has 0 atom stereocenters. The van der Waals surface area contributed by atoms with E-state index in [1.165, 1.54) is 10.5 Å². The van der Waals surface area contributed by atoms with Gasteiger partial charge in [-0.25, -0.2) is 0 Å². The summed E-state index contributed by atoms with van der Waals surface area (Å²) in [5, 5.41) is 0. The molecular formula is C24H31N3O3. The predicted molar refractivity (Wildman–Crippen MR) is 115 cm³/mol. The second-order valence-corrected chi connectivity index (χ2v) is 8.76. The Labute approximate surface area is 178 Å². The van der Waals surface area contributed by atoms with E-state index >= 15 is 0 Å². The third-order valence-corrected chi connectivity index (χ3v) is 6.80. The van der Waals surface area contributed by atoms with Gasteiger partial charge >= 0.3 is 0 Å². The van der Waals surface area contributed by atoms with Crippen molar-refractivity contribution in [1.82, 2.24) is 14.7 Å². The summed E-state index contributed by atoms with van der Waals surface area (Å²) in [5.41, 5.74) is 0.746. The molecule has 30 heavy (non-hydrogen) atoms. The third-order valence-electron chi connectivity index (χ3n) is 6.80. The predicted octanol–water partition coefficient (Wildman–Crippen LogP) is 2.55. The van der Waals surface area contributed by atoms with Gasteiger partial charge in [0, 0.05) is 52.1 Å². The van der Waals surface area contributed by atoms with Gasteiger partial charge in [0.2, 0.25) is 17.7 Å². The van der Waals surface area contributed by atoms with E-state index in [0.717, 1.165) is 45.3 Å². The van der Waals surface area contributed by atoms with Gasteiger partial charge in [0.05, 0.1) is 5.41 Å². The lowest BCUT2D eigenvalue weighted by Crippen LogP contribution is -2.49. The Balaban J connectivity index is 1.20. The molecule has 4 rings (SSSR count).